The van der Waals surface area contributed by atoms with Crippen molar-refractivity contribution in [2.75, 3.05) is 0 Å². The van der Waals surface area contributed by atoms with E-state index in [-0.39, 0.29) is 0 Å². The van der Waals surface area contributed by atoms with Gasteiger partial charge in [-0.25, -0.2) is 0 Å². The quantitative estimate of drug-likeness (QED) is 0.576. The molecule has 0 spiro atoms. The Morgan fingerprint density at radius 3 is 2.80 bits per heavy atom. The molecule has 4 rings (SSSR count). The Balaban J connectivity index is 1.69. The molecule has 0 heterocycles. The monoisotopic (exact) mass is 270 g/mol. The van der Waals surface area contributed by atoms with Crippen LogP contribution in [0.2, 0.25) is 0 Å². The minimum absolute atomic E-state index is 0.480. The Bertz CT molecular complexity index is 512. The van der Waals surface area contributed by atoms with E-state index in [2.05, 4.69) is 13.5 Å². The number of carbonyl (C=O) groups is 1. The van der Waals surface area contributed by atoms with Crippen molar-refractivity contribution in [2.45, 2.75) is 64.7 Å². The van der Waals surface area contributed by atoms with Crippen molar-refractivity contribution in [3.05, 3.63) is 23.3 Å². The lowest BCUT2D eigenvalue weighted by atomic mass is 9.54. The normalized spacial score (nSPS) is 44.1. The molecule has 0 bridgehead atoms. The number of Topliss-reactive ketones (excluding diaryl/α,β-unsaturated/α-hetero) is 1. The van der Waals surface area contributed by atoms with Crippen molar-refractivity contribution in [1.29, 1.82) is 0 Å². The molecule has 1 heteroatoms. The molecule has 0 radical (unpaired) electrons. The van der Waals surface area contributed by atoms with Crippen LogP contribution in [-0.4, -0.2) is 5.78 Å². The predicted molar refractivity (Wildman–Crippen MR) is 81.3 cm³/mol. The van der Waals surface area contributed by atoms with E-state index in [1.165, 1.54) is 49.7 Å². The molecule has 0 aromatic rings. The van der Waals surface area contributed by atoms with E-state index >= 15 is 0 Å². The zero-order valence-electron chi connectivity index (χ0n) is 12.7. The van der Waals surface area contributed by atoms with Crippen LogP contribution in [0, 0.1) is 23.2 Å². The second-order valence-electron chi connectivity index (χ2n) is 7.98. The summed E-state index contributed by atoms with van der Waals surface area (Å²) in [6.07, 6.45) is 10.6. The molecule has 0 aromatic carbocycles. The van der Waals surface area contributed by atoms with Crippen LogP contribution in [0.4, 0.5) is 0 Å². The summed E-state index contributed by atoms with van der Waals surface area (Å²) < 4.78 is 0. The van der Waals surface area contributed by atoms with Crippen LogP contribution in [-0.2, 0) is 4.79 Å². The van der Waals surface area contributed by atoms with Gasteiger partial charge in [-0.1, -0.05) is 30.2 Å². The van der Waals surface area contributed by atoms with Gasteiger partial charge in [-0.2, -0.15) is 0 Å². The van der Waals surface area contributed by atoms with Gasteiger partial charge < -0.3 is 0 Å². The van der Waals surface area contributed by atoms with Crippen molar-refractivity contribution >= 4 is 5.78 Å². The molecule has 2 saturated carbocycles. The molecule has 1 nitrogen and oxygen atoms in total. The molecular formula is C19H26O. The Morgan fingerprint density at radius 2 is 1.95 bits per heavy atom. The molecule has 4 atom stereocenters. The highest BCUT2D eigenvalue weighted by Crippen LogP contribution is 2.62. The number of ketones is 1. The summed E-state index contributed by atoms with van der Waals surface area (Å²) in [7, 11) is 0. The third kappa shape index (κ3) is 1.71. The average molecular weight is 270 g/mol. The van der Waals surface area contributed by atoms with Gasteiger partial charge in [0.15, 0.2) is 0 Å². The van der Waals surface area contributed by atoms with Crippen molar-refractivity contribution in [1.82, 2.24) is 0 Å². The first-order valence-corrected chi connectivity index (χ1v) is 8.49. The maximum atomic E-state index is 11.7. The molecule has 0 amide bonds. The second kappa shape index (κ2) is 4.32. The zero-order chi connectivity index (χ0) is 13.9. The van der Waals surface area contributed by atoms with Crippen molar-refractivity contribution in [2.24, 2.45) is 23.2 Å². The molecule has 108 valence electrons. The lowest BCUT2D eigenvalue weighted by Crippen LogP contribution is -2.42. The lowest BCUT2D eigenvalue weighted by molar-refractivity contribution is -0.119. The number of fused-ring (bicyclic) bond motifs is 4. The second-order valence-corrected chi connectivity index (χ2v) is 7.98. The van der Waals surface area contributed by atoms with Crippen LogP contribution in [0.15, 0.2) is 23.3 Å². The summed E-state index contributed by atoms with van der Waals surface area (Å²) >= 11 is 0. The molecule has 0 saturated heterocycles. The number of carbonyl (C=O) groups excluding carboxylic acids is 1. The van der Waals surface area contributed by atoms with E-state index in [9.17, 15) is 4.79 Å². The molecule has 0 aromatic heterocycles. The maximum absolute atomic E-state index is 11.7. The van der Waals surface area contributed by atoms with E-state index in [0.717, 1.165) is 37.0 Å². The average Bonchev–Trinajstić information content (AvgIpc) is 2.74. The molecule has 4 aliphatic carbocycles. The number of hydrogen-bond acceptors (Lipinski definition) is 1. The van der Waals surface area contributed by atoms with Gasteiger partial charge in [0.05, 0.1) is 0 Å². The third-order valence-corrected chi connectivity index (χ3v) is 6.94. The van der Waals surface area contributed by atoms with Gasteiger partial charge in [-0.05, 0) is 68.1 Å². The fourth-order valence-corrected chi connectivity index (χ4v) is 6.01. The van der Waals surface area contributed by atoms with Crippen LogP contribution in [0.25, 0.3) is 0 Å². The minimum atomic E-state index is 0.480. The Labute approximate surface area is 122 Å². The molecular weight excluding hydrogens is 244 g/mol. The van der Waals surface area contributed by atoms with Gasteiger partial charge in [0.2, 0.25) is 0 Å². The molecule has 0 aliphatic heterocycles. The summed E-state index contributed by atoms with van der Waals surface area (Å²) in [4.78, 5) is 11.7. The van der Waals surface area contributed by atoms with E-state index < -0.39 is 0 Å². The highest BCUT2D eigenvalue weighted by atomic mass is 16.1. The van der Waals surface area contributed by atoms with Crippen LogP contribution >= 0.6 is 0 Å². The van der Waals surface area contributed by atoms with Gasteiger partial charge >= 0.3 is 0 Å². The van der Waals surface area contributed by atoms with E-state index in [0.29, 0.717) is 11.2 Å². The maximum Gasteiger partial charge on any atom is 0.137 e. The van der Waals surface area contributed by atoms with Crippen LogP contribution in [0.3, 0.4) is 0 Å². The van der Waals surface area contributed by atoms with Crippen LogP contribution in [0.1, 0.15) is 64.7 Å². The smallest absolute Gasteiger partial charge is 0.137 e. The van der Waals surface area contributed by atoms with Gasteiger partial charge in [0.25, 0.3) is 0 Å². The van der Waals surface area contributed by atoms with Crippen molar-refractivity contribution in [3.63, 3.8) is 0 Å². The standard InChI is InChI=1S/C19H26O/c1-12-7-9-19(2)10-8-16-15-6-4-14(20)11-13(15)3-5-17(16)18(12)19/h16-18H,1,3-11H2,2H3/t16-,17-,18+,19+/m1/s1. The lowest BCUT2D eigenvalue weighted by Gasteiger charge is -2.50. The molecule has 0 unspecified atom stereocenters. The Kier molecular flexibility index (Phi) is 2.78. The predicted octanol–water partition coefficient (Wildman–Crippen LogP) is 4.83. The zero-order valence-corrected chi connectivity index (χ0v) is 12.7. The summed E-state index contributed by atoms with van der Waals surface area (Å²) in [6, 6.07) is 0. The Hall–Kier alpha value is -0.850. The van der Waals surface area contributed by atoms with Crippen molar-refractivity contribution in [3.8, 4) is 0 Å². The Morgan fingerprint density at radius 1 is 1.10 bits per heavy atom. The highest BCUT2D eigenvalue weighted by Gasteiger charge is 2.52. The van der Waals surface area contributed by atoms with Gasteiger partial charge in [0.1, 0.15) is 5.78 Å². The molecule has 0 N–H and O–H groups in total. The SMILES string of the molecule is C=C1CC[C@@]2(C)CC[C@@H]3C4=C(CC[C@H]3[C@H]12)CC(=O)CC4. The molecule has 2 fully saturated rings. The van der Waals surface area contributed by atoms with E-state index in [4.69, 9.17) is 0 Å². The number of hydrogen-bond donors (Lipinski definition) is 0. The fraction of sp³-hybridized carbons (Fsp3) is 0.737. The van der Waals surface area contributed by atoms with E-state index in [1.54, 1.807) is 5.57 Å². The number of rotatable bonds is 0. The van der Waals surface area contributed by atoms with Gasteiger partial charge in [0, 0.05) is 12.8 Å². The minimum Gasteiger partial charge on any atom is -0.299 e. The summed E-state index contributed by atoms with van der Waals surface area (Å²) in [6.45, 7) is 6.93. The summed E-state index contributed by atoms with van der Waals surface area (Å²) in [5, 5.41) is 0. The topological polar surface area (TPSA) is 17.1 Å². The van der Waals surface area contributed by atoms with Crippen molar-refractivity contribution < 1.29 is 4.79 Å². The van der Waals surface area contributed by atoms with Crippen LogP contribution in [0.5, 0.6) is 0 Å². The summed E-state index contributed by atoms with van der Waals surface area (Å²) in [5.74, 6) is 2.89. The van der Waals surface area contributed by atoms with Gasteiger partial charge in [-0.15, -0.1) is 0 Å². The number of allylic oxidation sites excluding steroid dienone is 3. The first-order valence-electron chi connectivity index (χ1n) is 8.49. The van der Waals surface area contributed by atoms with Gasteiger partial charge in [-0.3, -0.25) is 4.79 Å². The highest BCUT2D eigenvalue weighted by molar-refractivity contribution is 5.82. The fourth-order valence-electron chi connectivity index (χ4n) is 6.01. The first kappa shape index (κ1) is 12.9. The van der Waals surface area contributed by atoms with Crippen LogP contribution < -0.4 is 0 Å². The third-order valence-electron chi connectivity index (χ3n) is 6.94. The molecule has 20 heavy (non-hydrogen) atoms. The molecule has 4 aliphatic rings. The first-order chi connectivity index (χ1) is 9.58. The summed E-state index contributed by atoms with van der Waals surface area (Å²) in [5.41, 5.74) is 5.33. The van der Waals surface area contributed by atoms with E-state index in [1.807, 2.05) is 0 Å². The largest absolute Gasteiger partial charge is 0.299 e.